The Morgan fingerprint density at radius 2 is 1.72 bits per heavy atom. The maximum absolute atomic E-state index is 12.5. The SMILES string of the molecule is Cc1cnc(Nc2ccc(C(=O)Nc3cccc(CO)c3)cc2)nc1-c1ccc(OC(F)(F)F)cc1. The number of aliphatic hydroxyl groups is 1. The van der Waals surface area contributed by atoms with E-state index in [1.165, 1.54) is 24.3 Å². The molecule has 4 rings (SSSR count). The number of alkyl halides is 3. The second-order valence-electron chi connectivity index (χ2n) is 7.81. The Kier molecular flexibility index (Phi) is 7.16. The van der Waals surface area contributed by atoms with E-state index in [1.807, 2.05) is 0 Å². The van der Waals surface area contributed by atoms with Crippen LogP contribution in [0.25, 0.3) is 11.3 Å². The van der Waals surface area contributed by atoms with Gasteiger partial charge in [0.05, 0.1) is 12.3 Å². The number of carbonyl (C=O) groups is 1. The average molecular weight is 494 g/mol. The predicted octanol–water partition coefficient (Wildman–Crippen LogP) is 5.84. The summed E-state index contributed by atoms with van der Waals surface area (Å²) in [6.45, 7) is 1.67. The Morgan fingerprint density at radius 3 is 2.39 bits per heavy atom. The maximum atomic E-state index is 12.5. The van der Waals surface area contributed by atoms with E-state index in [2.05, 4.69) is 25.3 Å². The summed E-state index contributed by atoms with van der Waals surface area (Å²) < 4.78 is 41.1. The van der Waals surface area contributed by atoms with Crippen molar-refractivity contribution in [1.82, 2.24) is 9.97 Å². The van der Waals surface area contributed by atoms with Crippen LogP contribution in [0.1, 0.15) is 21.5 Å². The number of carbonyl (C=O) groups excluding carboxylic acids is 1. The van der Waals surface area contributed by atoms with Crippen LogP contribution in [0.3, 0.4) is 0 Å². The molecule has 0 bridgehead atoms. The summed E-state index contributed by atoms with van der Waals surface area (Å²) >= 11 is 0. The summed E-state index contributed by atoms with van der Waals surface area (Å²) in [6, 6.07) is 19.0. The Morgan fingerprint density at radius 1 is 1.00 bits per heavy atom. The van der Waals surface area contributed by atoms with Gasteiger partial charge in [-0.2, -0.15) is 0 Å². The van der Waals surface area contributed by atoms with Gasteiger partial charge in [0.1, 0.15) is 5.75 Å². The number of amides is 1. The molecule has 0 radical (unpaired) electrons. The number of nitrogens with zero attached hydrogens (tertiary/aromatic N) is 2. The molecule has 3 N–H and O–H groups in total. The molecule has 1 amide bonds. The van der Waals surface area contributed by atoms with Gasteiger partial charge >= 0.3 is 6.36 Å². The Labute approximate surface area is 204 Å². The average Bonchev–Trinajstić information content (AvgIpc) is 2.85. The topological polar surface area (TPSA) is 96.4 Å². The van der Waals surface area contributed by atoms with Gasteiger partial charge in [0.25, 0.3) is 5.91 Å². The van der Waals surface area contributed by atoms with E-state index in [9.17, 15) is 23.1 Å². The highest BCUT2D eigenvalue weighted by atomic mass is 19.4. The summed E-state index contributed by atoms with van der Waals surface area (Å²) in [5.41, 5.74) is 4.22. The minimum atomic E-state index is -4.76. The molecular formula is C26H21F3N4O3. The third kappa shape index (κ3) is 6.36. The molecule has 1 aromatic heterocycles. The molecule has 184 valence electrons. The van der Waals surface area contributed by atoms with Crippen LogP contribution in [0, 0.1) is 6.92 Å². The predicted molar refractivity (Wildman–Crippen MR) is 129 cm³/mol. The monoisotopic (exact) mass is 494 g/mol. The fraction of sp³-hybridized carbons (Fsp3) is 0.115. The van der Waals surface area contributed by atoms with Gasteiger partial charge in [-0.1, -0.05) is 12.1 Å². The van der Waals surface area contributed by atoms with Crippen molar-refractivity contribution in [3.63, 3.8) is 0 Å². The van der Waals surface area contributed by atoms with E-state index < -0.39 is 6.36 Å². The summed E-state index contributed by atoms with van der Waals surface area (Å²) in [5, 5.41) is 15.1. The van der Waals surface area contributed by atoms with Crippen molar-refractivity contribution in [3.05, 3.63) is 95.7 Å². The van der Waals surface area contributed by atoms with Crippen molar-refractivity contribution in [1.29, 1.82) is 0 Å². The highest BCUT2D eigenvalue weighted by Gasteiger charge is 2.31. The van der Waals surface area contributed by atoms with Gasteiger partial charge in [-0.05, 0) is 78.7 Å². The van der Waals surface area contributed by atoms with Gasteiger partial charge in [-0.3, -0.25) is 4.79 Å². The zero-order chi connectivity index (χ0) is 25.7. The van der Waals surface area contributed by atoms with Crippen molar-refractivity contribution in [2.75, 3.05) is 10.6 Å². The van der Waals surface area contributed by atoms with Crippen molar-refractivity contribution in [2.24, 2.45) is 0 Å². The highest BCUT2D eigenvalue weighted by Crippen LogP contribution is 2.28. The molecule has 10 heteroatoms. The van der Waals surface area contributed by atoms with Crippen LogP contribution < -0.4 is 15.4 Å². The summed E-state index contributed by atoms with van der Waals surface area (Å²) in [7, 11) is 0. The van der Waals surface area contributed by atoms with E-state index in [0.717, 1.165) is 5.56 Å². The lowest BCUT2D eigenvalue weighted by atomic mass is 10.1. The van der Waals surface area contributed by atoms with Gasteiger partial charge in [0.2, 0.25) is 5.95 Å². The van der Waals surface area contributed by atoms with Crippen LogP contribution in [-0.4, -0.2) is 27.3 Å². The smallest absolute Gasteiger partial charge is 0.406 e. The molecule has 36 heavy (non-hydrogen) atoms. The third-order valence-corrected chi connectivity index (χ3v) is 5.10. The fourth-order valence-electron chi connectivity index (χ4n) is 3.39. The first-order valence-corrected chi connectivity index (χ1v) is 10.8. The summed E-state index contributed by atoms with van der Waals surface area (Å²) in [4.78, 5) is 21.3. The van der Waals surface area contributed by atoms with Crippen LogP contribution in [0.5, 0.6) is 5.75 Å². The Hall–Kier alpha value is -4.44. The first kappa shape index (κ1) is 24.7. The number of nitrogens with one attached hydrogen (secondary N) is 2. The van der Waals surface area contributed by atoms with Gasteiger partial charge in [-0.25, -0.2) is 9.97 Å². The third-order valence-electron chi connectivity index (χ3n) is 5.10. The number of rotatable bonds is 7. The molecule has 0 saturated carbocycles. The molecule has 0 fully saturated rings. The molecule has 0 unspecified atom stereocenters. The lowest BCUT2D eigenvalue weighted by Crippen LogP contribution is -2.16. The summed E-state index contributed by atoms with van der Waals surface area (Å²) in [6.07, 6.45) is -3.15. The molecule has 4 aromatic rings. The Bertz CT molecular complexity index is 1360. The van der Waals surface area contributed by atoms with Crippen molar-refractivity contribution in [2.45, 2.75) is 19.9 Å². The fourth-order valence-corrected chi connectivity index (χ4v) is 3.39. The van der Waals surface area contributed by atoms with Crippen molar-refractivity contribution in [3.8, 4) is 17.0 Å². The second kappa shape index (κ2) is 10.4. The zero-order valence-corrected chi connectivity index (χ0v) is 19.0. The molecular weight excluding hydrogens is 473 g/mol. The lowest BCUT2D eigenvalue weighted by Gasteiger charge is -2.11. The maximum Gasteiger partial charge on any atom is 0.573 e. The number of benzene rings is 3. The molecule has 3 aromatic carbocycles. The number of anilines is 3. The number of hydrogen-bond donors (Lipinski definition) is 3. The quantitative estimate of drug-likeness (QED) is 0.299. The highest BCUT2D eigenvalue weighted by molar-refractivity contribution is 6.04. The van der Waals surface area contributed by atoms with Crippen LogP contribution in [0.15, 0.2) is 79.0 Å². The molecule has 0 saturated heterocycles. The van der Waals surface area contributed by atoms with Crippen molar-refractivity contribution < 1.29 is 27.8 Å². The van der Waals surface area contributed by atoms with Crippen LogP contribution >= 0.6 is 0 Å². The number of aromatic nitrogens is 2. The van der Waals surface area contributed by atoms with E-state index in [0.29, 0.717) is 33.8 Å². The first-order valence-electron chi connectivity index (χ1n) is 10.8. The number of aryl methyl sites for hydroxylation is 1. The van der Waals surface area contributed by atoms with Crippen LogP contribution in [-0.2, 0) is 6.61 Å². The second-order valence-corrected chi connectivity index (χ2v) is 7.81. The zero-order valence-electron chi connectivity index (χ0n) is 19.0. The molecule has 0 aliphatic heterocycles. The van der Waals surface area contributed by atoms with Gasteiger partial charge in [-0.15, -0.1) is 13.2 Å². The molecule has 7 nitrogen and oxygen atoms in total. The van der Waals surface area contributed by atoms with E-state index in [4.69, 9.17) is 0 Å². The van der Waals surface area contributed by atoms with Gasteiger partial charge < -0.3 is 20.5 Å². The molecule has 0 atom stereocenters. The molecule has 0 aliphatic carbocycles. The normalized spacial score (nSPS) is 11.1. The first-order chi connectivity index (χ1) is 17.2. The number of aliphatic hydroxyl groups excluding tert-OH is 1. The molecule has 0 aliphatic rings. The number of hydrogen-bond acceptors (Lipinski definition) is 6. The van der Waals surface area contributed by atoms with E-state index >= 15 is 0 Å². The minimum Gasteiger partial charge on any atom is -0.406 e. The largest absolute Gasteiger partial charge is 0.573 e. The van der Waals surface area contributed by atoms with Crippen LogP contribution in [0.2, 0.25) is 0 Å². The number of ether oxygens (including phenoxy) is 1. The van der Waals surface area contributed by atoms with Gasteiger partial charge in [0.15, 0.2) is 0 Å². The van der Waals surface area contributed by atoms with E-state index in [1.54, 1.807) is 61.7 Å². The standard InChI is InChI=1S/C26H21F3N4O3/c1-16-14-30-25(33-23(16)18-7-11-22(12-8-18)36-26(27,28)29)32-20-9-5-19(6-10-20)24(35)31-21-4-2-3-17(13-21)15-34/h2-14,34H,15H2,1H3,(H,31,35)(H,30,32,33). The van der Waals surface area contributed by atoms with Crippen LogP contribution in [0.4, 0.5) is 30.5 Å². The number of halogens is 3. The van der Waals surface area contributed by atoms with Crippen molar-refractivity contribution >= 4 is 23.2 Å². The molecule has 0 spiro atoms. The minimum absolute atomic E-state index is 0.120. The van der Waals surface area contributed by atoms with Gasteiger partial charge in [0, 0.05) is 28.7 Å². The Balaban J connectivity index is 1.45. The summed E-state index contributed by atoms with van der Waals surface area (Å²) in [5.74, 6) is -0.339. The lowest BCUT2D eigenvalue weighted by molar-refractivity contribution is -0.274. The van der Waals surface area contributed by atoms with E-state index in [-0.39, 0.29) is 24.2 Å². The molecule has 1 heterocycles.